The van der Waals surface area contributed by atoms with E-state index in [1.54, 1.807) is 24.3 Å². The molecule has 40 heavy (non-hydrogen) atoms. The standard InChI is InChI=1S/C29H33F2N7O2/c30-27(31)28-34-23-3-1-2-4-24(23)38(28)25-17-26(36-29(35-25)37-13-15-39-16-14-37)40-22-7-5-20(6-8-22)18-33-19-21-9-11-32-12-10-21/h1-4,9-12,17,20,22,27,33H,5-8,13-16,18-19H2. The second kappa shape index (κ2) is 12.2. The van der Waals surface area contributed by atoms with Crippen molar-refractivity contribution in [3.05, 3.63) is 66.2 Å². The molecule has 4 aromatic rings. The molecule has 1 aliphatic heterocycles. The first-order valence-electron chi connectivity index (χ1n) is 13.9. The van der Waals surface area contributed by atoms with Crippen LogP contribution in [0.5, 0.6) is 5.88 Å². The lowest BCUT2D eigenvalue weighted by Crippen LogP contribution is -2.37. The minimum Gasteiger partial charge on any atom is -0.474 e. The molecule has 210 valence electrons. The van der Waals surface area contributed by atoms with E-state index in [-0.39, 0.29) is 11.9 Å². The van der Waals surface area contributed by atoms with Gasteiger partial charge < -0.3 is 19.7 Å². The van der Waals surface area contributed by atoms with Crippen molar-refractivity contribution in [2.24, 2.45) is 5.92 Å². The van der Waals surface area contributed by atoms with Crippen LogP contribution in [0.25, 0.3) is 16.9 Å². The Morgan fingerprint density at radius 3 is 2.52 bits per heavy atom. The minimum absolute atomic E-state index is 0.00541. The number of para-hydroxylation sites is 2. The van der Waals surface area contributed by atoms with Crippen LogP contribution in [0.15, 0.2) is 54.9 Å². The number of aromatic nitrogens is 5. The number of pyridine rings is 1. The number of anilines is 1. The van der Waals surface area contributed by atoms with E-state index in [2.05, 4.69) is 15.3 Å². The number of rotatable bonds is 9. The van der Waals surface area contributed by atoms with Crippen molar-refractivity contribution in [2.75, 3.05) is 37.7 Å². The third-order valence-electron chi connectivity index (χ3n) is 7.57. The number of alkyl halides is 2. The molecule has 0 spiro atoms. The number of benzene rings is 1. The normalized spacial score (nSPS) is 19.8. The quantitative estimate of drug-likeness (QED) is 0.321. The summed E-state index contributed by atoms with van der Waals surface area (Å²) in [5.74, 6) is 1.40. The second-order valence-electron chi connectivity index (χ2n) is 10.3. The van der Waals surface area contributed by atoms with Crippen molar-refractivity contribution in [3.63, 3.8) is 0 Å². The fraction of sp³-hybridized carbons (Fsp3) is 0.448. The van der Waals surface area contributed by atoms with E-state index in [0.717, 1.165) is 38.8 Å². The summed E-state index contributed by atoms with van der Waals surface area (Å²) in [7, 11) is 0. The highest BCUT2D eigenvalue weighted by molar-refractivity contribution is 5.78. The zero-order chi connectivity index (χ0) is 27.3. The van der Waals surface area contributed by atoms with Crippen LogP contribution in [0.3, 0.4) is 0 Å². The molecule has 9 nitrogen and oxygen atoms in total. The molecule has 2 aliphatic rings. The van der Waals surface area contributed by atoms with Crippen LogP contribution in [0, 0.1) is 5.92 Å². The zero-order valence-electron chi connectivity index (χ0n) is 22.3. The van der Waals surface area contributed by atoms with Crippen LogP contribution in [0.4, 0.5) is 14.7 Å². The van der Waals surface area contributed by atoms with Crippen molar-refractivity contribution in [1.29, 1.82) is 0 Å². The van der Waals surface area contributed by atoms with Gasteiger partial charge in [0, 0.05) is 38.1 Å². The first-order chi connectivity index (χ1) is 19.6. The smallest absolute Gasteiger partial charge is 0.296 e. The maximum Gasteiger partial charge on any atom is 0.296 e. The summed E-state index contributed by atoms with van der Waals surface area (Å²) >= 11 is 0. The van der Waals surface area contributed by atoms with Gasteiger partial charge in [0.15, 0.2) is 5.82 Å². The van der Waals surface area contributed by atoms with E-state index in [4.69, 9.17) is 19.4 Å². The number of halogens is 2. The van der Waals surface area contributed by atoms with Crippen molar-refractivity contribution in [2.45, 2.75) is 44.8 Å². The van der Waals surface area contributed by atoms with E-state index >= 15 is 0 Å². The van der Waals surface area contributed by atoms with Crippen molar-refractivity contribution >= 4 is 17.0 Å². The molecule has 0 atom stereocenters. The summed E-state index contributed by atoms with van der Waals surface area (Å²) in [5.41, 5.74) is 2.28. The Kier molecular flexibility index (Phi) is 8.10. The van der Waals surface area contributed by atoms with E-state index in [0.29, 0.717) is 60.9 Å². The van der Waals surface area contributed by atoms with Gasteiger partial charge in [-0.2, -0.15) is 9.97 Å². The molecule has 1 saturated heterocycles. The number of nitrogens with one attached hydrogen (secondary N) is 1. The summed E-state index contributed by atoms with van der Waals surface area (Å²) in [6, 6.07) is 12.8. The van der Waals surface area contributed by atoms with Gasteiger partial charge in [0.05, 0.1) is 24.2 Å². The average molecular weight is 550 g/mol. The largest absolute Gasteiger partial charge is 0.474 e. The Morgan fingerprint density at radius 2 is 1.75 bits per heavy atom. The molecule has 0 unspecified atom stereocenters. The van der Waals surface area contributed by atoms with Crippen LogP contribution in [0.2, 0.25) is 0 Å². The van der Waals surface area contributed by atoms with Gasteiger partial charge in [0.1, 0.15) is 11.9 Å². The summed E-state index contributed by atoms with van der Waals surface area (Å²) in [5, 5.41) is 3.56. The van der Waals surface area contributed by atoms with E-state index in [1.807, 2.05) is 35.5 Å². The molecule has 2 fully saturated rings. The molecule has 0 amide bonds. The highest BCUT2D eigenvalue weighted by Gasteiger charge is 2.26. The number of nitrogens with zero attached hydrogens (tertiary/aromatic N) is 6. The third kappa shape index (κ3) is 6.05. The highest BCUT2D eigenvalue weighted by Crippen LogP contribution is 2.31. The molecule has 0 radical (unpaired) electrons. The summed E-state index contributed by atoms with van der Waals surface area (Å²) in [6.45, 7) is 4.13. The lowest BCUT2D eigenvalue weighted by atomic mass is 9.87. The van der Waals surface area contributed by atoms with Gasteiger partial charge in [-0.3, -0.25) is 9.55 Å². The molecular formula is C29H33F2N7O2. The Morgan fingerprint density at radius 1 is 0.975 bits per heavy atom. The first kappa shape index (κ1) is 26.5. The van der Waals surface area contributed by atoms with Crippen LogP contribution in [-0.4, -0.2) is 63.5 Å². The monoisotopic (exact) mass is 549 g/mol. The number of imidazole rings is 1. The Hall–Kier alpha value is -3.70. The van der Waals surface area contributed by atoms with E-state index in [1.165, 1.54) is 10.1 Å². The molecule has 4 heterocycles. The van der Waals surface area contributed by atoms with E-state index in [9.17, 15) is 8.78 Å². The van der Waals surface area contributed by atoms with Gasteiger partial charge in [0.2, 0.25) is 11.8 Å². The zero-order valence-corrected chi connectivity index (χ0v) is 22.3. The van der Waals surface area contributed by atoms with Crippen LogP contribution in [0.1, 0.15) is 43.5 Å². The fourth-order valence-corrected chi connectivity index (χ4v) is 5.46. The third-order valence-corrected chi connectivity index (χ3v) is 7.57. The second-order valence-corrected chi connectivity index (χ2v) is 10.3. The topological polar surface area (TPSA) is 90.2 Å². The van der Waals surface area contributed by atoms with E-state index < -0.39 is 6.43 Å². The molecule has 1 N–H and O–H groups in total. The lowest BCUT2D eigenvalue weighted by molar-refractivity contribution is 0.119. The van der Waals surface area contributed by atoms with Crippen molar-refractivity contribution in [1.82, 2.24) is 29.8 Å². The van der Waals surface area contributed by atoms with Gasteiger partial charge in [-0.1, -0.05) is 12.1 Å². The van der Waals surface area contributed by atoms with Crippen molar-refractivity contribution in [3.8, 4) is 11.7 Å². The molecule has 0 bridgehead atoms. The van der Waals surface area contributed by atoms with Gasteiger partial charge in [-0.15, -0.1) is 0 Å². The van der Waals surface area contributed by atoms with Gasteiger partial charge in [-0.05, 0) is 68.0 Å². The van der Waals surface area contributed by atoms with Crippen LogP contribution < -0.4 is 15.0 Å². The molecule has 6 rings (SSSR count). The highest BCUT2D eigenvalue weighted by atomic mass is 19.3. The Bertz CT molecular complexity index is 1400. The molecule has 11 heteroatoms. The minimum atomic E-state index is -2.76. The molecule has 3 aromatic heterocycles. The number of ether oxygens (including phenoxy) is 2. The predicted molar refractivity (Wildman–Crippen MR) is 147 cm³/mol. The van der Waals surface area contributed by atoms with Gasteiger partial charge >= 0.3 is 0 Å². The molecule has 1 aliphatic carbocycles. The number of fused-ring (bicyclic) bond motifs is 1. The molecule has 1 aromatic carbocycles. The van der Waals surface area contributed by atoms with Crippen LogP contribution in [-0.2, 0) is 11.3 Å². The van der Waals surface area contributed by atoms with Gasteiger partial charge in [-0.25, -0.2) is 13.8 Å². The maximum absolute atomic E-state index is 14.1. The SMILES string of the molecule is FC(F)c1nc2ccccc2n1-c1cc(OC2CCC(CNCc3ccncc3)CC2)nc(N2CCOCC2)n1. The lowest BCUT2D eigenvalue weighted by Gasteiger charge is -2.30. The fourth-order valence-electron chi connectivity index (χ4n) is 5.46. The number of morpholine rings is 1. The Balaban J connectivity index is 1.19. The average Bonchev–Trinajstić information content (AvgIpc) is 3.39. The first-order valence-corrected chi connectivity index (χ1v) is 13.9. The van der Waals surface area contributed by atoms with Gasteiger partial charge in [0.25, 0.3) is 6.43 Å². The number of hydrogen-bond acceptors (Lipinski definition) is 8. The Labute approximate surface area is 231 Å². The molecule has 1 saturated carbocycles. The summed E-state index contributed by atoms with van der Waals surface area (Å²) in [4.78, 5) is 19.7. The molecular weight excluding hydrogens is 516 g/mol. The summed E-state index contributed by atoms with van der Waals surface area (Å²) in [6.07, 6.45) is 4.77. The number of hydrogen-bond donors (Lipinski definition) is 1. The maximum atomic E-state index is 14.1. The summed E-state index contributed by atoms with van der Waals surface area (Å²) < 4.78 is 41.5. The van der Waals surface area contributed by atoms with Crippen molar-refractivity contribution < 1.29 is 18.3 Å². The van der Waals surface area contributed by atoms with Crippen LogP contribution >= 0.6 is 0 Å². The predicted octanol–water partition coefficient (Wildman–Crippen LogP) is 4.71.